The molecule has 4 atom stereocenters. The first-order valence-corrected chi connectivity index (χ1v) is 9.69. The van der Waals surface area contributed by atoms with Crippen molar-refractivity contribution in [2.24, 2.45) is 11.8 Å². The van der Waals surface area contributed by atoms with Crippen LogP contribution in [0.3, 0.4) is 0 Å². The van der Waals surface area contributed by atoms with Crippen LogP contribution in [0.25, 0.3) is 0 Å². The molecule has 0 aliphatic heterocycles. The highest BCUT2D eigenvalue weighted by molar-refractivity contribution is 5.86. The summed E-state index contributed by atoms with van der Waals surface area (Å²) in [5.74, 6) is -1.63. The largest absolute Gasteiger partial charge is 0.481 e. The molecule has 1 aliphatic carbocycles. The Hall–Kier alpha value is -1.98. The van der Waals surface area contributed by atoms with Crippen molar-refractivity contribution in [2.75, 3.05) is 0 Å². The number of hydrogen-bond acceptors (Lipinski definition) is 4. The topological polar surface area (TPSA) is 94.8 Å². The predicted molar refractivity (Wildman–Crippen MR) is 106 cm³/mol. The van der Waals surface area contributed by atoms with Crippen molar-refractivity contribution in [1.82, 2.24) is 0 Å². The van der Waals surface area contributed by atoms with Crippen molar-refractivity contribution in [3.05, 3.63) is 48.6 Å². The molecular formula is C22H32O5. The monoisotopic (exact) mass is 376 g/mol. The molecule has 1 saturated carbocycles. The lowest BCUT2D eigenvalue weighted by Gasteiger charge is -2.17. The van der Waals surface area contributed by atoms with Crippen LogP contribution in [0.15, 0.2) is 48.6 Å². The van der Waals surface area contributed by atoms with Gasteiger partial charge in [0, 0.05) is 24.7 Å². The van der Waals surface area contributed by atoms with Crippen LogP contribution in [0.5, 0.6) is 0 Å². The second kappa shape index (κ2) is 13.2. The number of carbonyl (C=O) groups excluding carboxylic acids is 1. The van der Waals surface area contributed by atoms with Gasteiger partial charge in [-0.25, -0.2) is 0 Å². The summed E-state index contributed by atoms with van der Waals surface area (Å²) in [4.78, 5) is 22.6. The average molecular weight is 376 g/mol. The van der Waals surface area contributed by atoms with E-state index in [1.54, 1.807) is 6.08 Å². The number of Topliss-reactive ketones (excluding diaryl/α,β-unsaturated/α-hetero) is 1. The summed E-state index contributed by atoms with van der Waals surface area (Å²) in [5.41, 5.74) is 0. The molecule has 1 fully saturated rings. The molecule has 3 N–H and O–H groups in total. The molecule has 0 aromatic heterocycles. The van der Waals surface area contributed by atoms with E-state index >= 15 is 0 Å². The van der Waals surface area contributed by atoms with Crippen molar-refractivity contribution in [2.45, 2.75) is 64.1 Å². The zero-order chi connectivity index (χ0) is 20.1. The maximum atomic E-state index is 12.1. The minimum absolute atomic E-state index is 0.0369. The Morgan fingerprint density at radius 1 is 1.15 bits per heavy atom. The highest BCUT2D eigenvalue weighted by atomic mass is 16.4. The first-order valence-electron chi connectivity index (χ1n) is 9.69. The molecule has 0 aromatic rings. The van der Waals surface area contributed by atoms with Crippen molar-refractivity contribution in [3.63, 3.8) is 0 Å². The van der Waals surface area contributed by atoms with Crippen LogP contribution in [0.1, 0.15) is 51.9 Å². The number of hydrogen-bond donors (Lipinski definition) is 3. The van der Waals surface area contributed by atoms with E-state index in [-0.39, 0.29) is 31.0 Å². The van der Waals surface area contributed by atoms with E-state index in [4.69, 9.17) is 5.11 Å². The van der Waals surface area contributed by atoms with Crippen LogP contribution < -0.4 is 0 Å². The van der Waals surface area contributed by atoms with Gasteiger partial charge in [0.1, 0.15) is 5.78 Å². The van der Waals surface area contributed by atoms with Gasteiger partial charge < -0.3 is 15.3 Å². The zero-order valence-electron chi connectivity index (χ0n) is 16.0. The molecule has 27 heavy (non-hydrogen) atoms. The number of aliphatic carboxylic acids is 1. The Labute approximate surface area is 161 Å². The van der Waals surface area contributed by atoms with Gasteiger partial charge in [-0.1, -0.05) is 55.5 Å². The molecule has 5 nitrogen and oxygen atoms in total. The third kappa shape index (κ3) is 9.50. The number of allylic oxidation sites excluding steroid dienone is 7. The Morgan fingerprint density at radius 2 is 1.78 bits per heavy atom. The minimum Gasteiger partial charge on any atom is -0.481 e. The van der Waals surface area contributed by atoms with Crippen molar-refractivity contribution in [3.8, 4) is 0 Å². The first-order chi connectivity index (χ1) is 13.0. The lowest BCUT2D eigenvalue weighted by Crippen LogP contribution is -2.19. The van der Waals surface area contributed by atoms with Crippen molar-refractivity contribution in [1.29, 1.82) is 0 Å². The fraction of sp³-hybridized carbons (Fsp3) is 0.545. The maximum Gasteiger partial charge on any atom is 0.303 e. The summed E-state index contributed by atoms with van der Waals surface area (Å²) in [6, 6.07) is 0. The van der Waals surface area contributed by atoms with Gasteiger partial charge in [0.25, 0.3) is 0 Å². The molecule has 0 bridgehead atoms. The van der Waals surface area contributed by atoms with Crippen LogP contribution >= 0.6 is 0 Å². The number of carboxylic acids is 1. The maximum absolute atomic E-state index is 12.1. The fourth-order valence-corrected chi connectivity index (χ4v) is 3.10. The summed E-state index contributed by atoms with van der Waals surface area (Å²) in [7, 11) is 0. The number of aliphatic hydroxyl groups is 2. The van der Waals surface area contributed by atoms with Crippen molar-refractivity contribution < 1.29 is 24.9 Å². The van der Waals surface area contributed by atoms with Gasteiger partial charge >= 0.3 is 5.97 Å². The number of rotatable bonds is 12. The molecule has 0 saturated heterocycles. The van der Waals surface area contributed by atoms with Gasteiger partial charge in [0.15, 0.2) is 0 Å². The summed E-state index contributed by atoms with van der Waals surface area (Å²) in [5, 5.41) is 28.6. The number of aliphatic hydroxyl groups excluding tert-OH is 2. The Morgan fingerprint density at radius 3 is 2.41 bits per heavy atom. The molecule has 1 aliphatic rings. The van der Waals surface area contributed by atoms with Crippen LogP contribution in [0.2, 0.25) is 0 Å². The zero-order valence-corrected chi connectivity index (χ0v) is 16.0. The molecule has 0 spiro atoms. The standard InChI is InChI=1S/C22H32O5/c1-2-3-4-5-6-7-8-9-10-11-18-19(21(25)16-20(18)24)14-12-17(23)13-15-22(26)27/h3-4,6-7,9-10,12,14,17-20,23-24H,2,5,8,11,13,15-16H2,1H3,(H,26,27)/b4-3-,7-6-,10-9-,14-12+/t17-,18+,19-,20-/m1/s1. The quantitative estimate of drug-likeness (QED) is 0.453. The second-order valence-electron chi connectivity index (χ2n) is 6.84. The number of carboxylic acid groups (broad SMARTS) is 1. The molecule has 0 radical (unpaired) electrons. The Bertz CT molecular complexity index is 573. The molecule has 0 amide bonds. The van der Waals surface area contributed by atoms with E-state index in [1.807, 2.05) is 12.2 Å². The van der Waals surface area contributed by atoms with Crippen LogP contribution in [-0.2, 0) is 9.59 Å². The van der Waals surface area contributed by atoms with E-state index in [9.17, 15) is 19.8 Å². The minimum atomic E-state index is -0.965. The fourth-order valence-electron chi connectivity index (χ4n) is 3.10. The molecule has 1 rings (SSSR count). The number of ketones is 1. The van der Waals surface area contributed by atoms with Gasteiger partial charge in [-0.15, -0.1) is 0 Å². The average Bonchev–Trinajstić information content (AvgIpc) is 2.89. The summed E-state index contributed by atoms with van der Waals surface area (Å²) in [6.45, 7) is 2.10. The van der Waals surface area contributed by atoms with Gasteiger partial charge in [0.2, 0.25) is 0 Å². The third-order valence-corrected chi connectivity index (χ3v) is 4.62. The van der Waals surface area contributed by atoms with Crippen LogP contribution in [0, 0.1) is 11.8 Å². The van der Waals surface area contributed by atoms with E-state index in [1.165, 1.54) is 6.08 Å². The first kappa shape index (κ1) is 23.1. The highest BCUT2D eigenvalue weighted by Crippen LogP contribution is 2.33. The predicted octanol–water partition coefficient (Wildman–Crippen LogP) is 3.58. The van der Waals surface area contributed by atoms with E-state index in [2.05, 4.69) is 31.2 Å². The Kier molecular flexibility index (Phi) is 11.3. The molecular weight excluding hydrogens is 344 g/mol. The van der Waals surface area contributed by atoms with Crippen LogP contribution in [-0.4, -0.2) is 39.3 Å². The second-order valence-corrected chi connectivity index (χ2v) is 6.84. The van der Waals surface area contributed by atoms with Crippen molar-refractivity contribution >= 4 is 11.8 Å². The van der Waals surface area contributed by atoms with Gasteiger partial charge in [-0.05, 0) is 32.1 Å². The molecule has 150 valence electrons. The third-order valence-electron chi connectivity index (χ3n) is 4.62. The SMILES string of the molecule is CC/C=C\C/C=C\C/C=C\C[C@@H]1[C@H](O)CC(=O)[C@@H]1/C=C/[C@@H](O)CCC(=O)O. The van der Waals surface area contributed by atoms with Crippen LogP contribution in [0.4, 0.5) is 0 Å². The van der Waals surface area contributed by atoms with Gasteiger partial charge in [0.05, 0.1) is 12.2 Å². The normalized spacial score (nSPS) is 24.9. The molecule has 0 heterocycles. The lowest BCUT2D eigenvalue weighted by molar-refractivity contribution is -0.137. The van der Waals surface area contributed by atoms with E-state index in [0.717, 1.165) is 19.3 Å². The summed E-state index contributed by atoms with van der Waals surface area (Å²) in [6.07, 6.45) is 17.5. The van der Waals surface area contributed by atoms with E-state index < -0.39 is 24.1 Å². The molecule has 0 unspecified atom stereocenters. The lowest BCUT2D eigenvalue weighted by atomic mass is 9.90. The van der Waals surface area contributed by atoms with Gasteiger partial charge in [-0.3, -0.25) is 9.59 Å². The summed E-state index contributed by atoms with van der Waals surface area (Å²) < 4.78 is 0. The smallest absolute Gasteiger partial charge is 0.303 e. The summed E-state index contributed by atoms with van der Waals surface area (Å²) >= 11 is 0. The molecule has 0 aromatic carbocycles. The van der Waals surface area contributed by atoms with E-state index in [0.29, 0.717) is 6.42 Å². The molecule has 5 heteroatoms. The van der Waals surface area contributed by atoms with Gasteiger partial charge in [-0.2, -0.15) is 0 Å². The highest BCUT2D eigenvalue weighted by Gasteiger charge is 2.39. The number of carbonyl (C=O) groups is 2. The Balaban J connectivity index is 2.48.